The lowest BCUT2D eigenvalue weighted by molar-refractivity contribution is 0.0916. The fourth-order valence-electron chi connectivity index (χ4n) is 2.78. The highest BCUT2D eigenvalue weighted by atomic mass is 16.3. The van der Waals surface area contributed by atoms with E-state index in [-0.39, 0.29) is 12.4 Å². The molecule has 3 heteroatoms. The quantitative estimate of drug-likeness (QED) is 0.827. The van der Waals surface area contributed by atoms with Crippen LogP contribution in [0, 0.1) is 12.8 Å². The van der Waals surface area contributed by atoms with Crippen LogP contribution in [-0.4, -0.2) is 42.0 Å². The number of piperidine rings is 1. The van der Waals surface area contributed by atoms with E-state index in [4.69, 9.17) is 0 Å². The number of nitrogens with zero attached hydrogens (tertiary/aromatic N) is 1. The molecule has 2 rings (SSSR count). The minimum Gasteiger partial charge on any atom is -0.396 e. The van der Waals surface area contributed by atoms with E-state index in [2.05, 4.69) is 4.90 Å². The molecule has 0 bridgehead atoms. The van der Waals surface area contributed by atoms with E-state index in [0.29, 0.717) is 12.3 Å². The molecule has 0 spiro atoms. The highest BCUT2D eigenvalue weighted by Gasteiger charge is 2.19. The summed E-state index contributed by atoms with van der Waals surface area (Å²) < 4.78 is 0. The Labute approximate surface area is 115 Å². The zero-order valence-electron chi connectivity index (χ0n) is 11.6. The molecule has 1 fully saturated rings. The highest BCUT2D eigenvalue weighted by molar-refractivity contribution is 5.97. The molecule has 0 radical (unpaired) electrons. The van der Waals surface area contributed by atoms with Gasteiger partial charge in [-0.05, 0) is 37.8 Å². The number of Topliss-reactive ketones (excluding diaryl/α,β-unsaturated/α-hetero) is 1. The monoisotopic (exact) mass is 261 g/mol. The standard InChI is InChI=1S/C16H23NO2/c1-13-5-2-3-7-15(13)16(19)8-10-17-9-4-6-14(11-17)12-18/h2-3,5,7,14,18H,4,6,8-12H2,1H3. The van der Waals surface area contributed by atoms with Crippen molar-refractivity contribution in [3.05, 3.63) is 35.4 Å². The molecule has 19 heavy (non-hydrogen) atoms. The van der Waals surface area contributed by atoms with Crippen LogP contribution in [0.2, 0.25) is 0 Å². The number of aliphatic hydroxyl groups excluding tert-OH is 1. The smallest absolute Gasteiger partial charge is 0.164 e. The second kappa shape index (κ2) is 6.83. The zero-order valence-corrected chi connectivity index (χ0v) is 11.6. The Hall–Kier alpha value is -1.19. The van der Waals surface area contributed by atoms with Gasteiger partial charge in [0.1, 0.15) is 0 Å². The molecule has 0 aromatic heterocycles. The fourth-order valence-corrected chi connectivity index (χ4v) is 2.78. The van der Waals surface area contributed by atoms with Gasteiger partial charge in [-0.15, -0.1) is 0 Å². The van der Waals surface area contributed by atoms with Gasteiger partial charge in [0.15, 0.2) is 5.78 Å². The van der Waals surface area contributed by atoms with Crippen molar-refractivity contribution in [1.82, 2.24) is 4.90 Å². The minimum absolute atomic E-state index is 0.226. The number of aryl methyl sites for hydroxylation is 1. The Morgan fingerprint density at radius 3 is 2.95 bits per heavy atom. The maximum atomic E-state index is 12.2. The van der Waals surface area contributed by atoms with Gasteiger partial charge in [-0.2, -0.15) is 0 Å². The number of hydrogen-bond acceptors (Lipinski definition) is 3. The summed E-state index contributed by atoms with van der Waals surface area (Å²) in [5, 5.41) is 9.21. The first kappa shape index (κ1) is 14.2. The third kappa shape index (κ3) is 3.88. The van der Waals surface area contributed by atoms with Gasteiger partial charge in [0, 0.05) is 31.7 Å². The van der Waals surface area contributed by atoms with Crippen LogP contribution in [0.1, 0.15) is 35.2 Å². The van der Waals surface area contributed by atoms with Gasteiger partial charge in [-0.3, -0.25) is 4.79 Å². The van der Waals surface area contributed by atoms with Gasteiger partial charge < -0.3 is 10.0 Å². The van der Waals surface area contributed by atoms with E-state index in [1.807, 2.05) is 31.2 Å². The number of hydrogen-bond donors (Lipinski definition) is 1. The van der Waals surface area contributed by atoms with E-state index >= 15 is 0 Å². The number of likely N-dealkylation sites (tertiary alicyclic amines) is 1. The molecule has 1 atom stereocenters. The minimum atomic E-state index is 0.226. The summed E-state index contributed by atoms with van der Waals surface area (Å²) in [6.45, 7) is 5.04. The van der Waals surface area contributed by atoms with Crippen LogP contribution in [-0.2, 0) is 0 Å². The Morgan fingerprint density at radius 1 is 1.42 bits per heavy atom. The van der Waals surface area contributed by atoms with Gasteiger partial charge in [-0.25, -0.2) is 0 Å². The average molecular weight is 261 g/mol. The van der Waals surface area contributed by atoms with Crippen molar-refractivity contribution >= 4 is 5.78 Å². The van der Waals surface area contributed by atoms with Crippen molar-refractivity contribution in [2.45, 2.75) is 26.2 Å². The predicted octanol–water partition coefficient (Wildman–Crippen LogP) is 2.27. The summed E-state index contributed by atoms with van der Waals surface area (Å²) in [5.74, 6) is 0.617. The van der Waals surface area contributed by atoms with Crippen LogP contribution in [0.25, 0.3) is 0 Å². The lowest BCUT2D eigenvalue weighted by Gasteiger charge is -2.31. The molecule has 1 N–H and O–H groups in total. The first-order valence-electron chi connectivity index (χ1n) is 7.12. The summed E-state index contributed by atoms with van der Waals surface area (Å²) >= 11 is 0. The van der Waals surface area contributed by atoms with E-state index in [0.717, 1.165) is 43.6 Å². The normalized spacial score (nSPS) is 20.4. The maximum absolute atomic E-state index is 12.2. The number of carbonyl (C=O) groups excluding carboxylic acids is 1. The van der Waals surface area contributed by atoms with Crippen LogP contribution in [0.3, 0.4) is 0 Å². The van der Waals surface area contributed by atoms with Gasteiger partial charge in [0.2, 0.25) is 0 Å². The van der Waals surface area contributed by atoms with Crippen LogP contribution in [0.4, 0.5) is 0 Å². The maximum Gasteiger partial charge on any atom is 0.164 e. The Morgan fingerprint density at radius 2 is 2.21 bits per heavy atom. The van der Waals surface area contributed by atoms with Crippen LogP contribution < -0.4 is 0 Å². The van der Waals surface area contributed by atoms with Gasteiger partial charge in [-0.1, -0.05) is 24.3 Å². The van der Waals surface area contributed by atoms with Crippen molar-refractivity contribution in [3.63, 3.8) is 0 Å². The van der Waals surface area contributed by atoms with Gasteiger partial charge >= 0.3 is 0 Å². The fraction of sp³-hybridized carbons (Fsp3) is 0.562. The van der Waals surface area contributed by atoms with Crippen molar-refractivity contribution in [2.24, 2.45) is 5.92 Å². The molecule has 1 heterocycles. The summed E-state index contributed by atoms with van der Waals surface area (Å²) in [6.07, 6.45) is 2.81. The molecule has 0 aliphatic carbocycles. The van der Waals surface area contributed by atoms with Crippen molar-refractivity contribution < 1.29 is 9.90 Å². The number of carbonyl (C=O) groups is 1. The Balaban J connectivity index is 1.85. The molecular weight excluding hydrogens is 238 g/mol. The van der Waals surface area contributed by atoms with Crippen LogP contribution >= 0.6 is 0 Å². The molecule has 1 saturated heterocycles. The first-order valence-corrected chi connectivity index (χ1v) is 7.12. The van der Waals surface area contributed by atoms with Gasteiger partial charge in [0.25, 0.3) is 0 Å². The van der Waals surface area contributed by atoms with E-state index < -0.39 is 0 Å². The summed E-state index contributed by atoms with van der Waals surface area (Å²) in [6, 6.07) is 7.77. The lowest BCUT2D eigenvalue weighted by Crippen LogP contribution is -2.38. The molecule has 3 nitrogen and oxygen atoms in total. The molecule has 1 aromatic carbocycles. The number of ketones is 1. The molecular formula is C16H23NO2. The van der Waals surface area contributed by atoms with Crippen LogP contribution in [0.15, 0.2) is 24.3 Å². The molecule has 1 aromatic rings. The van der Waals surface area contributed by atoms with Crippen molar-refractivity contribution in [1.29, 1.82) is 0 Å². The topological polar surface area (TPSA) is 40.5 Å². The lowest BCUT2D eigenvalue weighted by atomic mass is 9.98. The molecule has 0 saturated carbocycles. The number of rotatable bonds is 5. The van der Waals surface area contributed by atoms with Crippen molar-refractivity contribution in [3.8, 4) is 0 Å². The number of benzene rings is 1. The van der Waals surface area contributed by atoms with E-state index in [9.17, 15) is 9.90 Å². The van der Waals surface area contributed by atoms with E-state index in [1.54, 1.807) is 0 Å². The zero-order chi connectivity index (χ0) is 13.7. The summed E-state index contributed by atoms with van der Waals surface area (Å²) in [5.41, 5.74) is 1.90. The second-order valence-corrected chi connectivity index (χ2v) is 5.48. The van der Waals surface area contributed by atoms with Crippen molar-refractivity contribution in [2.75, 3.05) is 26.2 Å². The van der Waals surface area contributed by atoms with E-state index in [1.165, 1.54) is 0 Å². The molecule has 0 amide bonds. The molecule has 1 aliphatic rings. The van der Waals surface area contributed by atoms with Crippen LogP contribution in [0.5, 0.6) is 0 Å². The second-order valence-electron chi connectivity index (χ2n) is 5.48. The van der Waals surface area contributed by atoms with Gasteiger partial charge in [0.05, 0.1) is 0 Å². The highest BCUT2D eigenvalue weighted by Crippen LogP contribution is 2.17. The Kier molecular flexibility index (Phi) is 5.11. The summed E-state index contributed by atoms with van der Waals surface area (Å²) in [7, 11) is 0. The average Bonchev–Trinajstić information content (AvgIpc) is 2.45. The predicted molar refractivity (Wildman–Crippen MR) is 76.4 cm³/mol. The first-order chi connectivity index (χ1) is 9.20. The molecule has 104 valence electrons. The SMILES string of the molecule is Cc1ccccc1C(=O)CCN1CCCC(CO)C1. The summed E-state index contributed by atoms with van der Waals surface area (Å²) in [4.78, 5) is 14.5. The Bertz CT molecular complexity index is 431. The number of aliphatic hydroxyl groups is 1. The largest absolute Gasteiger partial charge is 0.396 e. The molecule has 1 unspecified atom stereocenters. The molecule has 1 aliphatic heterocycles. The third-order valence-electron chi connectivity index (χ3n) is 3.96. The third-order valence-corrected chi connectivity index (χ3v) is 3.96.